The molecular weight excluding hydrogens is 175 g/mol. The molecule has 4 heteroatoms. The molecule has 2 atom stereocenters. The minimum absolute atomic E-state index is 0.378. The third kappa shape index (κ3) is 1.53. The average molecular weight is 182 g/mol. The van der Waals surface area contributed by atoms with Gasteiger partial charge in [-0.05, 0) is 17.7 Å². The fourth-order valence-electron chi connectivity index (χ4n) is 1.24. The number of halogens is 1. The van der Waals surface area contributed by atoms with Gasteiger partial charge in [0.1, 0.15) is 11.9 Å². The second-order valence-corrected chi connectivity index (χ2v) is 2.87. The number of ether oxygens (including phenoxy) is 1. The van der Waals surface area contributed by atoms with E-state index in [1.54, 1.807) is 6.07 Å². The predicted octanol–water partition coefficient (Wildman–Crippen LogP) is 1.35. The number of rotatable bonds is 2. The van der Waals surface area contributed by atoms with E-state index in [0.29, 0.717) is 5.56 Å². The number of carboxylic acid groups (broad SMARTS) is 1. The molecule has 1 aromatic rings. The van der Waals surface area contributed by atoms with Crippen LogP contribution in [-0.2, 0) is 9.53 Å². The highest BCUT2D eigenvalue weighted by Crippen LogP contribution is 2.38. The van der Waals surface area contributed by atoms with E-state index in [1.807, 2.05) is 0 Å². The standard InChI is InChI=1S/C9H7FO3/c10-6-3-1-2-5(4-6)7-8(13-7)9(11)12/h1-4,7-8H,(H,11,12)/t7-,8+/m0/s1. The van der Waals surface area contributed by atoms with Crippen molar-refractivity contribution >= 4 is 5.97 Å². The van der Waals surface area contributed by atoms with Gasteiger partial charge in [0, 0.05) is 0 Å². The highest BCUT2D eigenvalue weighted by atomic mass is 19.1. The minimum atomic E-state index is -1.01. The van der Waals surface area contributed by atoms with E-state index in [9.17, 15) is 9.18 Å². The van der Waals surface area contributed by atoms with Gasteiger partial charge in [-0.3, -0.25) is 0 Å². The van der Waals surface area contributed by atoms with Crippen LogP contribution in [0, 0.1) is 5.82 Å². The van der Waals surface area contributed by atoms with Crippen molar-refractivity contribution in [2.24, 2.45) is 0 Å². The maximum atomic E-state index is 12.7. The molecule has 1 saturated heterocycles. The third-order valence-electron chi connectivity index (χ3n) is 1.91. The smallest absolute Gasteiger partial charge is 0.335 e. The zero-order valence-electron chi connectivity index (χ0n) is 6.61. The van der Waals surface area contributed by atoms with Gasteiger partial charge < -0.3 is 9.84 Å². The number of epoxide rings is 1. The quantitative estimate of drug-likeness (QED) is 0.702. The minimum Gasteiger partial charge on any atom is -0.479 e. The van der Waals surface area contributed by atoms with E-state index >= 15 is 0 Å². The molecule has 0 amide bonds. The molecule has 0 unspecified atom stereocenters. The van der Waals surface area contributed by atoms with E-state index in [2.05, 4.69) is 0 Å². The molecule has 1 fully saturated rings. The Labute approximate surface area is 73.8 Å². The molecule has 0 bridgehead atoms. The Kier molecular flexibility index (Phi) is 1.77. The second-order valence-electron chi connectivity index (χ2n) is 2.87. The summed E-state index contributed by atoms with van der Waals surface area (Å²) >= 11 is 0. The van der Waals surface area contributed by atoms with Gasteiger partial charge in [0.05, 0.1) is 0 Å². The first-order valence-corrected chi connectivity index (χ1v) is 3.82. The van der Waals surface area contributed by atoms with E-state index in [1.165, 1.54) is 18.2 Å². The Morgan fingerprint density at radius 1 is 1.54 bits per heavy atom. The first-order valence-electron chi connectivity index (χ1n) is 3.82. The highest BCUT2D eigenvalue weighted by Gasteiger charge is 2.46. The number of hydrogen-bond donors (Lipinski definition) is 1. The number of hydrogen-bond acceptors (Lipinski definition) is 2. The van der Waals surface area contributed by atoms with Gasteiger partial charge in [0.2, 0.25) is 0 Å². The second kappa shape index (κ2) is 2.81. The zero-order chi connectivity index (χ0) is 9.42. The topological polar surface area (TPSA) is 49.8 Å². The molecule has 1 aliphatic heterocycles. The maximum Gasteiger partial charge on any atom is 0.335 e. The Morgan fingerprint density at radius 3 is 2.85 bits per heavy atom. The molecule has 0 saturated carbocycles. The van der Waals surface area contributed by atoms with Gasteiger partial charge in [0.25, 0.3) is 0 Å². The summed E-state index contributed by atoms with van der Waals surface area (Å²) < 4.78 is 17.5. The molecule has 1 aliphatic rings. The molecule has 0 radical (unpaired) electrons. The summed E-state index contributed by atoms with van der Waals surface area (Å²) in [5, 5.41) is 8.54. The summed E-state index contributed by atoms with van der Waals surface area (Å²) in [7, 11) is 0. The summed E-state index contributed by atoms with van der Waals surface area (Å²) in [6.07, 6.45) is -1.28. The number of carboxylic acids is 1. The van der Waals surface area contributed by atoms with Crippen LogP contribution in [0.4, 0.5) is 4.39 Å². The summed E-state index contributed by atoms with van der Waals surface area (Å²) in [5.74, 6) is -1.38. The van der Waals surface area contributed by atoms with Gasteiger partial charge in [-0.15, -0.1) is 0 Å². The van der Waals surface area contributed by atoms with E-state index in [0.717, 1.165) is 0 Å². The molecule has 1 heterocycles. The summed E-state index contributed by atoms with van der Waals surface area (Å²) in [6, 6.07) is 5.78. The van der Waals surface area contributed by atoms with Crippen LogP contribution in [-0.4, -0.2) is 17.2 Å². The van der Waals surface area contributed by atoms with Gasteiger partial charge in [-0.2, -0.15) is 0 Å². The zero-order valence-corrected chi connectivity index (χ0v) is 6.61. The van der Waals surface area contributed by atoms with Crippen molar-refractivity contribution < 1.29 is 19.0 Å². The maximum absolute atomic E-state index is 12.7. The van der Waals surface area contributed by atoms with Gasteiger partial charge >= 0.3 is 5.97 Å². The lowest BCUT2D eigenvalue weighted by Gasteiger charge is -1.93. The molecule has 13 heavy (non-hydrogen) atoms. The van der Waals surface area contributed by atoms with Crippen LogP contribution in [0.25, 0.3) is 0 Å². The van der Waals surface area contributed by atoms with E-state index in [4.69, 9.17) is 9.84 Å². The molecule has 68 valence electrons. The molecule has 0 aromatic heterocycles. The molecule has 0 aliphatic carbocycles. The molecule has 3 nitrogen and oxygen atoms in total. The molecule has 2 rings (SSSR count). The number of carbonyl (C=O) groups is 1. The number of aliphatic carboxylic acids is 1. The molecule has 1 N–H and O–H groups in total. The summed E-state index contributed by atoms with van der Waals surface area (Å²) in [4.78, 5) is 10.4. The van der Waals surface area contributed by atoms with Crippen molar-refractivity contribution in [1.82, 2.24) is 0 Å². The van der Waals surface area contributed by atoms with Crippen LogP contribution in [0.3, 0.4) is 0 Å². The first kappa shape index (κ1) is 8.19. The SMILES string of the molecule is O=C(O)[C@@H]1O[C@H]1c1cccc(F)c1. The lowest BCUT2D eigenvalue weighted by atomic mass is 10.1. The molecule has 1 aromatic carbocycles. The molecular formula is C9H7FO3. The van der Waals surface area contributed by atoms with Gasteiger partial charge in [0.15, 0.2) is 6.10 Å². The lowest BCUT2D eigenvalue weighted by molar-refractivity contribution is -0.138. The summed E-state index contributed by atoms with van der Waals surface area (Å²) in [5.41, 5.74) is 0.576. The van der Waals surface area contributed by atoms with E-state index < -0.39 is 18.2 Å². The van der Waals surface area contributed by atoms with E-state index in [-0.39, 0.29) is 5.82 Å². The van der Waals surface area contributed by atoms with Crippen LogP contribution >= 0.6 is 0 Å². The number of benzene rings is 1. The third-order valence-corrected chi connectivity index (χ3v) is 1.91. The van der Waals surface area contributed by atoms with Crippen molar-refractivity contribution in [2.45, 2.75) is 12.2 Å². The van der Waals surface area contributed by atoms with Crippen molar-refractivity contribution in [2.75, 3.05) is 0 Å². The molecule has 0 spiro atoms. The first-order chi connectivity index (χ1) is 6.18. The van der Waals surface area contributed by atoms with Crippen molar-refractivity contribution in [3.8, 4) is 0 Å². The van der Waals surface area contributed by atoms with Gasteiger partial charge in [-0.1, -0.05) is 12.1 Å². The lowest BCUT2D eigenvalue weighted by Crippen LogP contribution is -2.04. The van der Waals surface area contributed by atoms with Crippen LogP contribution in [0.2, 0.25) is 0 Å². The Bertz CT molecular complexity index is 350. The Hall–Kier alpha value is -1.42. The average Bonchev–Trinajstić information content (AvgIpc) is 2.82. The van der Waals surface area contributed by atoms with Crippen LogP contribution in [0.15, 0.2) is 24.3 Å². The van der Waals surface area contributed by atoms with Crippen molar-refractivity contribution in [1.29, 1.82) is 0 Å². The van der Waals surface area contributed by atoms with Crippen LogP contribution in [0.5, 0.6) is 0 Å². The largest absolute Gasteiger partial charge is 0.479 e. The Morgan fingerprint density at radius 2 is 2.31 bits per heavy atom. The highest BCUT2D eigenvalue weighted by molar-refractivity contribution is 5.76. The normalized spacial score (nSPS) is 25.6. The fourth-order valence-corrected chi connectivity index (χ4v) is 1.24. The van der Waals surface area contributed by atoms with Crippen molar-refractivity contribution in [3.63, 3.8) is 0 Å². The predicted molar refractivity (Wildman–Crippen MR) is 41.6 cm³/mol. The summed E-state index contributed by atoms with van der Waals surface area (Å²) in [6.45, 7) is 0. The van der Waals surface area contributed by atoms with Crippen LogP contribution < -0.4 is 0 Å². The van der Waals surface area contributed by atoms with Gasteiger partial charge in [-0.25, -0.2) is 9.18 Å². The fraction of sp³-hybridized carbons (Fsp3) is 0.222. The Balaban J connectivity index is 2.16. The monoisotopic (exact) mass is 182 g/mol. The van der Waals surface area contributed by atoms with Crippen molar-refractivity contribution in [3.05, 3.63) is 35.6 Å². The van der Waals surface area contributed by atoms with Crippen LogP contribution in [0.1, 0.15) is 11.7 Å².